The van der Waals surface area contributed by atoms with E-state index >= 15 is 0 Å². The van der Waals surface area contributed by atoms with Crippen molar-refractivity contribution in [1.82, 2.24) is 25.3 Å². The van der Waals surface area contributed by atoms with Crippen LogP contribution in [0.4, 0.5) is 11.6 Å². The summed E-state index contributed by atoms with van der Waals surface area (Å²) < 4.78 is 17.8. The van der Waals surface area contributed by atoms with Crippen molar-refractivity contribution in [2.45, 2.75) is 39.2 Å². The smallest absolute Gasteiger partial charge is 0.251 e. The molecule has 39 heavy (non-hydrogen) atoms. The third-order valence-corrected chi connectivity index (χ3v) is 6.97. The quantitative estimate of drug-likeness (QED) is 0.261. The van der Waals surface area contributed by atoms with Gasteiger partial charge in [-0.15, -0.1) is 0 Å². The first-order valence-electron chi connectivity index (χ1n) is 13.2. The van der Waals surface area contributed by atoms with Crippen molar-refractivity contribution in [3.8, 4) is 17.0 Å². The number of hydrogen-bond donors (Lipinski definition) is 3. The molecule has 10 heteroatoms. The topological polar surface area (TPSA) is 127 Å². The molecule has 3 aromatic heterocycles. The lowest BCUT2D eigenvalue weighted by molar-refractivity contribution is 0.0244. The molecule has 0 bridgehead atoms. The van der Waals surface area contributed by atoms with E-state index in [1.54, 1.807) is 13.1 Å². The molecule has 1 aliphatic heterocycles. The number of aromatic nitrogens is 4. The number of benzene rings is 2. The molecule has 0 aliphatic carbocycles. The van der Waals surface area contributed by atoms with Crippen LogP contribution in [-0.2, 0) is 11.2 Å². The molecule has 0 spiro atoms. The Morgan fingerprint density at radius 1 is 1.13 bits per heavy atom. The number of carbonyl (C=O) groups excluding carboxylic acids is 1. The first kappa shape index (κ1) is 24.9. The average molecular weight is 527 g/mol. The number of aryl methyl sites for hydroxylation is 2. The summed E-state index contributed by atoms with van der Waals surface area (Å²) >= 11 is 0. The van der Waals surface area contributed by atoms with Crippen LogP contribution in [0, 0.1) is 6.92 Å². The number of fused-ring (bicyclic) bond motifs is 2. The van der Waals surface area contributed by atoms with Crippen molar-refractivity contribution >= 4 is 39.7 Å². The zero-order valence-corrected chi connectivity index (χ0v) is 22.1. The van der Waals surface area contributed by atoms with E-state index in [9.17, 15) is 4.79 Å². The monoisotopic (exact) mass is 526 g/mol. The standard InChI is InChI=1S/C29H30N6O4/c1-4-17-13-19(27(36)30-3)6-7-22(17)33-29-34-26-25(28(35-29)39-20-9-11-37-12-10-20)21(15-31-26)18-5-8-23-24(14-18)38-16(2)32-23/h5-8,13-15,20H,4,9-12H2,1-3H3,(H,30,36)(H2,31,33,34,35). The molecule has 0 atom stereocenters. The first-order valence-corrected chi connectivity index (χ1v) is 13.2. The summed E-state index contributed by atoms with van der Waals surface area (Å²) in [5, 5.41) is 6.82. The van der Waals surface area contributed by atoms with Crippen LogP contribution < -0.4 is 15.4 Å². The first-order chi connectivity index (χ1) is 19.0. The van der Waals surface area contributed by atoms with Crippen molar-refractivity contribution in [3.63, 3.8) is 0 Å². The molecule has 5 aromatic rings. The minimum atomic E-state index is -0.126. The van der Waals surface area contributed by atoms with Crippen LogP contribution in [0.15, 0.2) is 47.0 Å². The summed E-state index contributed by atoms with van der Waals surface area (Å²) in [5.74, 6) is 1.40. The maximum Gasteiger partial charge on any atom is 0.251 e. The summed E-state index contributed by atoms with van der Waals surface area (Å²) in [6.45, 7) is 5.19. The minimum Gasteiger partial charge on any atom is -0.474 e. The van der Waals surface area contributed by atoms with Gasteiger partial charge in [-0.25, -0.2) is 4.98 Å². The highest BCUT2D eigenvalue weighted by Crippen LogP contribution is 2.37. The maximum absolute atomic E-state index is 12.1. The van der Waals surface area contributed by atoms with Gasteiger partial charge in [-0.1, -0.05) is 13.0 Å². The third kappa shape index (κ3) is 4.90. The average Bonchev–Trinajstić information content (AvgIpc) is 3.55. The van der Waals surface area contributed by atoms with E-state index < -0.39 is 0 Å². The van der Waals surface area contributed by atoms with Gasteiger partial charge in [-0.05, 0) is 47.9 Å². The Morgan fingerprint density at radius 2 is 1.97 bits per heavy atom. The van der Waals surface area contributed by atoms with E-state index in [-0.39, 0.29) is 12.0 Å². The van der Waals surface area contributed by atoms with Gasteiger partial charge in [0.1, 0.15) is 17.3 Å². The Hall–Kier alpha value is -4.44. The predicted molar refractivity (Wildman–Crippen MR) is 149 cm³/mol. The molecular formula is C29H30N6O4. The van der Waals surface area contributed by atoms with Gasteiger partial charge in [-0.3, -0.25) is 4.79 Å². The molecular weight excluding hydrogens is 496 g/mol. The molecule has 1 fully saturated rings. The lowest BCUT2D eigenvalue weighted by atomic mass is 10.1. The Bertz CT molecular complexity index is 1670. The van der Waals surface area contributed by atoms with Gasteiger partial charge in [0.25, 0.3) is 5.91 Å². The molecule has 4 heterocycles. The predicted octanol–water partition coefficient (Wildman–Crippen LogP) is 5.30. The van der Waals surface area contributed by atoms with Crippen molar-refractivity contribution < 1.29 is 18.7 Å². The number of oxazole rings is 1. The number of nitrogens with one attached hydrogen (secondary N) is 3. The summed E-state index contributed by atoms with van der Waals surface area (Å²) in [4.78, 5) is 29.5. The fourth-order valence-electron chi connectivity index (χ4n) is 4.94. The second-order valence-corrected chi connectivity index (χ2v) is 9.55. The summed E-state index contributed by atoms with van der Waals surface area (Å²) in [6.07, 6.45) is 4.22. The van der Waals surface area contributed by atoms with Crippen molar-refractivity contribution in [2.24, 2.45) is 0 Å². The van der Waals surface area contributed by atoms with Gasteiger partial charge in [-0.2, -0.15) is 9.97 Å². The molecule has 1 amide bonds. The second kappa shape index (κ2) is 10.4. The normalized spacial score (nSPS) is 14.1. The zero-order chi connectivity index (χ0) is 26.9. The molecule has 2 aromatic carbocycles. The van der Waals surface area contributed by atoms with Gasteiger partial charge >= 0.3 is 0 Å². The van der Waals surface area contributed by atoms with Gasteiger partial charge in [0.05, 0.1) is 18.6 Å². The Morgan fingerprint density at radius 3 is 2.77 bits per heavy atom. The van der Waals surface area contributed by atoms with Gasteiger partial charge in [0.2, 0.25) is 11.8 Å². The molecule has 0 saturated carbocycles. The van der Waals surface area contributed by atoms with E-state index in [0.29, 0.717) is 42.1 Å². The van der Waals surface area contributed by atoms with Crippen LogP contribution in [0.3, 0.4) is 0 Å². The van der Waals surface area contributed by atoms with Crippen LogP contribution in [0.2, 0.25) is 0 Å². The SMILES string of the molecule is CCc1cc(C(=O)NC)ccc1Nc1nc(OC2CCOCC2)c2c(-c3ccc4nc(C)oc4c3)c[nH]c2n1. The van der Waals surface area contributed by atoms with E-state index in [1.165, 1.54) is 0 Å². The number of aromatic amines is 1. The number of rotatable bonds is 7. The van der Waals surface area contributed by atoms with E-state index in [1.807, 2.05) is 50.4 Å². The molecule has 0 radical (unpaired) electrons. The van der Waals surface area contributed by atoms with Crippen LogP contribution in [-0.4, -0.2) is 52.2 Å². The van der Waals surface area contributed by atoms with Crippen LogP contribution in [0.1, 0.15) is 41.6 Å². The van der Waals surface area contributed by atoms with Gasteiger partial charge in [0.15, 0.2) is 11.5 Å². The van der Waals surface area contributed by atoms with E-state index in [0.717, 1.165) is 58.1 Å². The van der Waals surface area contributed by atoms with Crippen LogP contribution >= 0.6 is 0 Å². The summed E-state index contributed by atoms with van der Waals surface area (Å²) in [5.41, 5.74) is 6.47. The second-order valence-electron chi connectivity index (χ2n) is 9.55. The highest BCUT2D eigenvalue weighted by molar-refractivity contribution is 5.99. The molecule has 0 unspecified atom stereocenters. The van der Waals surface area contributed by atoms with Crippen molar-refractivity contribution in [3.05, 3.63) is 59.6 Å². The molecule has 1 aliphatic rings. The van der Waals surface area contributed by atoms with Gasteiger partial charge in [0, 0.05) is 49.8 Å². The van der Waals surface area contributed by atoms with Gasteiger partial charge < -0.3 is 29.5 Å². The number of H-pyrrole nitrogens is 1. The maximum atomic E-state index is 12.1. The van der Waals surface area contributed by atoms with E-state index in [2.05, 4.69) is 20.6 Å². The molecule has 10 nitrogen and oxygen atoms in total. The lowest BCUT2D eigenvalue weighted by Gasteiger charge is -2.23. The van der Waals surface area contributed by atoms with Crippen molar-refractivity contribution in [1.29, 1.82) is 0 Å². The fourth-order valence-corrected chi connectivity index (χ4v) is 4.94. The number of nitrogens with zero attached hydrogens (tertiary/aromatic N) is 3. The van der Waals surface area contributed by atoms with E-state index in [4.69, 9.17) is 23.9 Å². The summed E-state index contributed by atoms with van der Waals surface area (Å²) in [6, 6.07) is 11.5. The Labute approximate surface area is 225 Å². The number of hydrogen-bond acceptors (Lipinski definition) is 8. The molecule has 3 N–H and O–H groups in total. The lowest BCUT2D eigenvalue weighted by Crippen LogP contribution is -2.26. The number of ether oxygens (including phenoxy) is 2. The minimum absolute atomic E-state index is 0.00936. The van der Waals surface area contributed by atoms with Crippen molar-refractivity contribution in [2.75, 3.05) is 25.6 Å². The zero-order valence-electron chi connectivity index (χ0n) is 22.1. The Kier molecular flexibility index (Phi) is 6.62. The number of carbonyl (C=O) groups is 1. The highest BCUT2D eigenvalue weighted by Gasteiger charge is 2.22. The Balaban J connectivity index is 1.42. The molecule has 6 rings (SSSR count). The molecule has 1 saturated heterocycles. The number of anilines is 2. The molecule has 200 valence electrons. The summed E-state index contributed by atoms with van der Waals surface area (Å²) in [7, 11) is 1.62. The fraction of sp³-hybridized carbons (Fsp3) is 0.310. The largest absolute Gasteiger partial charge is 0.474 e. The number of amides is 1. The third-order valence-electron chi connectivity index (χ3n) is 6.97. The van der Waals surface area contributed by atoms with Crippen LogP contribution in [0.5, 0.6) is 5.88 Å². The van der Waals surface area contributed by atoms with Crippen LogP contribution in [0.25, 0.3) is 33.3 Å². The highest BCUT2D eigenvalue weighted by atomic mass is 16.5.